The molecule has 0 aliphatic carbocycles. The predicted molar refractivity (Wildman–Crippen MR) is 97.0 cm³/mol. The molecule has 1 N–H and O–H groups in total. The number of amides is 1. The summed E-state index contributed by atoms with van der Waals surface area (Å²) < 4.78 is 0. The van der Waals surface area contributed by atoms with Crippen LogP contribution in [0.5, 0.6) is 0 Å². The highest BCUT2D eigenvalue weighted by Gasteiger charge is 2.15. The van der Waals surface area contributed by atoms with E-state index in [9.17, 15) is 4.79 Å². The molecule has 1 amide bonds. The van der Waals surface area contributed by atoms with E-state index in [4.69, 9.17) is 5.26 Å². The summed E-state index contributed by atoms with van der Waals surface area (Å²) in [5.74, 6) is -0.176. The van der Waals surface area contributed by atoms with Gasteiger partial charge in [0.1, 0.15) is 5.01 Å². The van der Waals surface area contributed by atoms with Crippen molar-refractivity contribution in [3.63, 3.8) is 0 Å². The average Bonchev–Trinajstić information content (AvgIpc) is 3.13. The molecule has 1 aromatic carbocycles. The topological polar surface area (TPSA) is 78.7 Å². The van der Waals surface area contributed by atoms with Crippen molar-refractivity contribution in [2.75, 3.05) is 0 Å². The first-order valence-electron chi connectivity index (χ1n) is 7.80. The number of pyridine rings is 1. The molecule has 124 valence electrons. The van der Waals surface area contributed by atoms with E-state index in [1.807, 2.05) is 30.5 Å². The van der Waals surface area contributed by atoms with E-state index < -0.39 is 0 Å². The molecule has 0 radical (unpaired) electrons. The molecule has 25 heavy (non-hydrogen) atoms. The van der Waals surface area contributed by atoms with Crippen molar-refractivity contribution in [2.24, 2.45) is 0 Å². The van der Waals surface area contributed by atoms with Crippen LogP contribution in [-0.4, -0.2) is 15.9 Å². The Morgan fingerprint density at radius 3 is 3.00 bits per heavy atom. The zero-order chi connectivity index (χ0) is 17.6. The molecule has 2 aromatic heterocycles. The molecule has 6 heteroatoms. The quantitative estimate of drug-likeness (QED) is 0.761. The molecular formula is C19H16N4OS. The highest BCUT2D eigenvalue weighted by atomic mass is 32.1. The van der Waals surface area contributed by atoms with E-state index in [1.54, 1.807) is 30.6 Å². The van der Waals surface area contributed by atoms with Gasteiger partial charge in [0.15, 0.2) is 0 Å². The van der Waals surface area contributed by atoms with E-state index >= 15 is 0 Å². The first kappa shape index (κ1) is 16.8. The van der Waals surface area contributed by atoms with Crippen LogP contribution in [0.2, 0.25) is 0 Å². The van der Waals surface area contributed by atoms with Crippen LogP contribution in [0.15, 0.2) is 54.2 Å². The molecule has 0 saturated heterocycles. The second-order valence-corrected chi connectivity index (χ2v) is 6.43. The number of benzene rings is 1. The molecule has 0 saturated carbocycles. The Labute approximate surface area is 150 Å². The minimum Gasteiger partial charge on any atom is -0.343 e. The van der Waals surface area contributed by atoms with Gasteiger partial charge in [0, 0.05) is 28.9 Å². The maximum Gasteiger partial charge on any atom is 0.251 e. The normalized spacial score (nSPS) is 11.5. The van der Waals surface area contributed by atoms with Crippen molar-refractivity contribution < 1.29 is 4.79 Å². The van der Waals surface area contributed by atoms with Gasteiger partial charge in [-0.05, 0) is 36.8 Å². The Bertz CT molecular complexity index is 914. The number of rotatable bonds is 5. The van der Waals surface area contributed by atoms with Crippen LogP contribution in [0.25, 0.3) is 11.3 Å². The number of hydrogen-bond acceptors (Lipinski definition) is 5. The fourth-order valence-electron chi connectivity index (χ4n) is 2.39. The van der Waals surface area contributed by atoms with Gasteiger partial charge in [-0.25, -0.2) is 4.98 Å². The lowest BCUT2D eigenvalue weighted by Gasteiger charge is -2.11. The summed E-state index contributed by atoms with van der Waals surface area (Å²) in [5, 5.41) is 14.5. The molecule has 5 nitrogen and oxygen atoms in total. The number of nitrogens with zero attached hydrogens (tertiary/aromatic N) is 3. The summed E-state index contributed by atoms with van der Waals surface area (Å²) in [6, 6.07) is 12.8. The van der Waals surface area contributed by atoms with E-state index in [-0.39, 0.29) is 18.4 Å². The number of aromatic nitrogens is 2. The van der Waals surface area contributed by atoms with Crippen molar-refractivity contribution in [1.82, 2.24) is 15.3 Å². The highest BCUT2D eigenvalue weighted by Crippen LogP contribution is 2.25. The van der Waals surface area contributed by atoms with Crippen molar-refractivity contribution in [2.45, 2.75) is 19.4 Å². The SMILES string of the molecule is CC(NC(=O)c1cccc(CC#N)c1)c1nc(-c2cccnc2)cs1. The number of nitrogens with one attached hydrogen (secondary N) is 1. The highest BCUT2D eigenvalue weighted by molar-refractivity contribution is 7.10. The zero-order valence-corrected chi connectivity index (χ0v) is 14.5. The lowest BCUT2D eigenvalue weighted by atomic mass is 10.1. The van der Waals surface area contributed by atoms with Crippen molar-refractivity contribution >= 4 is 17.2 Å². The van der Waals surface area contributed by atoms with Gasteiger partial charge in [0.2, 0.25) is 0 Å². The van der Waals surface area contributed by atoms with Crippen LogP contribution in [0, 0.1) is 11.3 Å². The van der Waals surface area contributed by atoms with Crippen molar-refractivity contribution in [1.29, 1.82) is 5.26 Å². The van der Waals surface area contributed by atoms with Gasteiger partial charge in [-0.3, -0.25) is 9.78 Å². The summed E-state index contributed by atoms with van der Waals surface area (Å²) in [6.07, 6.45) is 3.78. The van der Waals surface area contributed by atoms with Gasteiger partial charge in [0.25, 0.3) is 5.91 Å². The van der Waals surface area contributed by atoms with Crippen molar-refractivity contribution in [3.8, 4) is 17.3 Å². The Morgan fingerprint density at radius 1 is 1.36 bits per heavy atom. The second-order valence-electron chi connectivity index (χ2n) is 5.54. The maximum absolute atomic E-state index is 12.4. The van der Waals surface area contributed by atoms with Gasteiger partial charge in [-0.1, -0.05) is 12.1 Å². The van der Waals surface area contributed by atoms with Crippen LogP contribution in [0.1, 0.15) is 33.9 Å². The average molecular weight is 348 g/mol. The minimum absolute atomic E-state index is 0.176. The number of hydrogen-bond donors (Lipinski definition) is 1. The number of carbonyl (C=O) groups is 1. The summed E-state index contributed by atoms with van der Waals surface area (Å²) in [5.41, 5.74) is 3.18. The molecule has 1 atom stereocenters. The number of carbonyl (C=O) groups excluding carboxylic acids is 1. The molecule has 3 aromatic rings. The van der Waals surface area contributed by atoms with Crippen molar-refractivity contribution in [3.05, 3.63) is 70.3 Å². The van der Waals surface area contributed by atoms with Crippen LogP contribution in [-0.2, 0) is 6.42 Å². The first-order chi connectivity index (χ1) is 12.2. The molecule has 1 unspecified atom stereocenters. The summed E-state index contributed by atoms with van der Waals surface area (Å²) in [7, 11) is 0. The maximum atomic E-state index is 12.4. The number of thiazole rings is 1. The monoisotopic (exact) mass is 348 g/mol. The smallest absolute Gasteiger partial charge is 0.251 e. The van der Waals surface area contributed by atoms with E-state index in [1.165, 1.54) is 11.3 Å². The summed E-state index contributed by atoms with van der Waals surface area (Å²) in [4.78, 5) is 21.1. The van der Waals surface area contributed by atoms with E-state index in [0.29, 0.717) is 5.56 Å². The Kier molecular flexibility index (Phi) is 5.17. The largest absolute Gasteiger partial charge is 0.343 e. The van der Waals surface area contributed by atoms with Crippen LogP contribution in [0.4, 0.5) is 0 Å². The lowest BCUT2D eigenvalue weighted by molar-refractivity contribution is 0.0939. The Morgan fingerprint density at radius 2 is 2.24 bits per heavy atom. The summed E-state index contributed by atoms with van der Waals surface area (Å²) in [6.45, 7) is 1.91. The van der Waals surface area contributed by atoms with Crippen LogP contribution in [0.3, 0.4) is 0 Å². The zero-order valence-electron chi connectivity index (χ0n) is 13.6. The van der Waals surface area contributed by atoms with Crippen LogP contribution >= 0.6 is 11.3 Å². The molecule has 0 aliphatic rings. The third-order valence-electron chi connectivity index (χ3n) is 3.67. The van der Waals surface area contributed by atoms with Gasteiger partial charge < -0.3 is 5.32 Å². The molecule has 2 heterocycles. The van der Waals surface area contributed by atoms with Crippen LogP contribution < -0.4 is 5.32 Å². The predicted octanol–water partition coefficient (Wildman–Crippen LogP) is 3.76. The first-order valence-corrected chi connectivity index (χ1v) is 8.68. The van der Waals surface area contributed by atoms with E-state index in [2.05, 4.69) is 21.4 Å². The molecule has 0 fully saturated rings. The van der Waals surface area contributed by atoms with Gasteiger partial charge in [-0.15, -0.1) is 11.3 Å². The fraction of sp³-hybridized carbons (Fsp3) is 0.158. The molecule has 0 bridgehead atoms. The lowest BCUT2D eigenvalue weighted by Crippen LogP contribution is -2.26. The molecule has 3 rings (SSSR count). The summed E-state index contributed by atoms with van der Waals surface area (Å²) >= 11 is 1.50. The molecule has 0 spiro atoms. The molecule has 0 aliphatic heterocycles. The fourth-order valence-corrected chi connectivity index (χ4v) is 3.22. The number of nitriles is 1. The van der Waals surface area contributed by atoms with Gasteiger partial charge in [0.05, 0.1) is 24.2 Å². The Hall–Kier alpha value is -3.04. The van der Waals surface area contributed by atoms with E-state index in [0.717, 1.165) is 21.8 Å². The van der Waals surface area contributed by atoms with Gasteiger partial charge >= 0.3 is 0 Å². The third kappa shape index (κ3) is 4.08. The Balaban J connectivity index is 1.71. The molecular weight excluding hydrogens is 332 g/mol. The second kappa shape index (κ2) is 7.69. The minimum atomic E-state index is -0.206. The van der Waals surface area contributed by atoms with Gasteiger partial charge in [-0.2, -0.15) is 5.26 Å². The standard InChI is InChI=1S/C19H16N4OS/c1-13(19-23-17(12-25-19)16-6-3-9-21-11-16)22-18(24)15-5-2-4-14(10-15)7-8-20/h2-6,9-13H,7H2,1H3,(H,22,24). The third-order valence-corrected chi connectivity index (χ3v) is 4.70.